The third kappa shape index (κ3) is 4.52. The molecule has 0 aliphatic heterocycles. The summed E-state index contributed by atoms with van der Waals surface area (Å²) < 4.78 is 11.9. The highest BCUT2D eigenvalue weighted by atomic mass is 79.9. The first-order chi connectivity index (χ1) is 12.0. The summed E-state index contributed by atoms with van der Waals surface area (Å²) >= 11 is 9.94. The van der Waals surface area contributed by atoms with E-state index in [1.54, 1.807) is 0 Å². The number of aryl methyl sites for hydroxylation is 3. The number of rotatable bonds is 6. The number of nitrogens with zero attached hydrogens (tertiary/aromatic N) is 2. The molecular formula is C18H17BrClN3O2. The molecule has 0 bridgehead atoms. The highest BCUT2D eigenvalue weighted by molar-refractivity contribution is 9.10. The molecule has 7 heteroatoms. The summed E-state index contributed by atoms with van der Waals surface area (Å²) in [5.74, 6) is 1.14. The minimum Gasteiger partial charge on any atom is -0.486 e. The number of nitrogen functional groups attached to an aromatic ring is 1. The molecule has 1 heterocycles. The summed E-state index contributed by atoms with van der Waals surface area (Å²) in [6.45, 7) is 2.52. The Labute approximate surface area is 159 Å². The van der Waals surface area contributed by atoms with Gasteiger partial charge in [0.2, 0.25) is 5.89 Å². The molecule has 0 fully saturated rings. The second kappa shape index (κ2) is 7.89. The van der Waals surface area contributed by atoms with Gasteiger partial charge in [0.15, 0.2) is 5.75 Å². The van der Waals surface area contributed by atoms with Crippen molar-refractivity contribution < 1.29 is 9.15 Å². The first-order valence-corrected chi connectivity index (χ1v) is 8.93. The average molecular weight is 423 g/mol. The number of hydrogen-bond donors (Lipinski definition) is 1. The molecule has 3 aromatic rings. The average Bonchev–Trinajstić information content (AvgIpc) is 2.99. The molecule has 0 aliphatic carbocycles. The van der Waals surface area contributed by atoms with Crippen molar-refractivity contribution in [2.75, 3.05) is 5.73 Å². The molecule has 0 atom stereocenters. The van der Waals surface area contributed by atoms with Gasteiger partial charge in [0.25, 0.3) is 0 Å². The molecule has 0 aliphatic rings. The zero-order valence-corrected chi connectivity index (χ0v) is 16.0. The normalized spacial score (nSPS) is 10.8. The van der Waals surface area contributed by atoms with Gasteiger partial charge in [-0.2, -0.15) is 0 Å². The third-order valence-electron chi connectivity index (χ3n) is 3.80. The van der Waals surface area contributed by atoms with Gasteiger partial charge in [-0.15, -0.1) is 5.10 Å². The van der Waals surface area contributed by atoms with Crippen LogP contribution in [0.5, 0.6) is 5.75 Å². The molecule has 2 aromatic carbocycles. The fourth-order valence-corrected chi connectivity index (χ4v) is 3.47. The lowest BCUT2D eigenvalue weighted by Gasteiger charge is -2.13. The van der Waals surface area contributed by atoms with Crippen molar-refractivity contribution in [2.24, 2.45) is 0 Å². The zero-order valence-electron chi connectivity index (χ0n) is 13.6. The lowest BCUT2D eigenvalue weighted by molar-refractivity contribution is 0.303. The summed E-state index contributed by atoms with van der Waals surface area (Å²) in [4.78, 5) is 0. The van der Waals surface area contributed by atoms with E-state index in [0.717, 1.165) is 15.6 Å². The van der Waals surface area contributed by atoms with E-state index in [-0.39, 0.29) is 6.01 Å². The predicted octanol–water partition coefficient (Wildman–Crippen LogP) is 4.74. The number of aromatic nitrogens is 2. The molecule has 5 nitrogen and oxygen atoms in total. The van der Waals surface area contributed by atoms with E-state index in [1.165, 1.54) is 5.56 Å². The summed E-state index contributed by atoms with van der Waals surface area (Å²) in [5.41, 5.74) is 8.77. The molecule has 25 heavy (non-hydrogen) atoms. The van der Waals surface area contributed by atoms with Crippen LogP contribution in [0.15, 0.2) is 45.3 Å². The van der Waals surface area contributed by atoms with Crippen LogP contribution in [0.3, 0.4) is 0 Å². The molecule has 0 spiro atoms. The van der Waals surface area contributed by atoms with Gasteiger partial charge in [0, 0.05) is 6.42 Å². The van der Waals surface area contributed by atoms with Crippen LogP contribution in [0, 0.1) is 6.92 Å². The fraction of sp³-hybridized carbons (Fsp3) is 0.222. The van der Waals surface area contributed by atoms with E-state index >= 15 is 0 Å². The Morgan fingerprint density at radius 3 is 2.68 bits per heavy atom. The van der Waals surface area contributed by atoms with Gasteiger partial charge in [-0.05, 0) is 58.1 Å². The first-order valence-electron chi connectivity index (χ1n) is 7.76. The number of halogens is 2. The summed E-state index contributed by atoms with van der Waals surface area (Å²) in [6, 6.07) is 12.1. The van der Waals surface area contributed by atoms with Crippen molar-refractivity contribution in [3.05, 3.63) is 68.5 Å². The molecule has 130 valence electrons. The minimum atomic E-state index is 0.0779. The van der Waals surface area contributed by atoms with Crippen LogP contribution in [0.1, 0.15) is 22.6 Å². The fourth-order valence-electron chi connectivity index (χ4n) is 2.44. The maximum atomic E-state index is 6.40. The van der Waals surface area contributed by atoms with E-state index in [1.807, 2.05) is 30.3 Å². The monoisotopic (exact) mass is 421 g/mol. The SMILES string of the molecule is Cc1ccccc1COc1c(Cl)cc(CCc2nnc(N)o2)cc1Br. The Hall–Kier alpha value is -2.05. The highest BCUT2D eigenvalue weighted by Crippen LogP contribution is 2.35. The van der Waals surface area contributed by atoms with Gasteiger partial charge in [-0.3, -0.25) is 0 Å². The summed E-state index contributed by atoms with van der Waals surface area (Å²) in [7, 11) is 0. The maximum absolute atomic E-state index is 6.40. The lowest BCUT2D eigenvalue weighted by Crippen LogP contribution is -2.00. The molecular weight excluding hydrogens is 406 g/mol. The molecule has 0 amide bonds. The predicted molar refractivity (Wildman–Crippen MR) is 101 cm³/mol. The Balaban J connectivity index is 1.68. The van der Waals surface area contributed by atoms with Crippen LogP contribution in [0.25, 0.3) is 0 Å². The van der Waals surface area contributed by atoms with Gasteiger partial charge in [-0.1, -0.05) is 41.0 Å². The van der Waals surface area contributed by atoms with Crippen LogP contribution in [-0.4, -0.2) is 10.2 Å². The van der Waals surface area contributed by atoms with Crippen molar-refractivity contribution in [3.8, 4) is 5.75 Å². The summed E-state index contributed by atoms with van der Waals surface area (Å²) in [6.07, 6.45) is 1.30. The van der Waals surface area contributed by atoms with Crippen molar-refractivity contribution in [1.82, 2.24) is 10.2 Å². The van der Waals surface area contributed by atoms with Crippen LogP contribution < -0.4 is 10.5 Å². The number of hydrogen-bond acceptors (Lipinski definition) is 5. The van der Waals surface area contributed by atoms with Crippen molar-refractivity contribution >= 4 is 33.5 Å². The number of benzene rings is 2. The van der Waals surface area contributed by atoms with E-state index in [2.05, 4.69) is 39.1 Å². The number of ether oxygens (including phenoxy) is 1. The molecule has 0 saturated carbocycles. The largest absolute Gasteiger partial charge is 0.486 e. The molecule has 3 rings (SSSR count). The van der Waals surface area contributed by atoms with E-state index in [4.69, 9.17) is 26.5 Å². The van der Waals surface area contributed by atoms with Crippen molar-refractivity contribution in [2.45, 2.75) is 26.4 Å². The minimum absolute atomic E-state index is 0.0779. The third-order valence-corrected chi connectivity index (χ3v) is 4.67. The Morgan fingerprint density at radius 1 is 1.20 bits per heavy atom. The smallest absolute Gasteiger partial charge is 0.312 e. The van der Waals surface area contributed by atoms with E-state index < -0.39 is 0 Å². The van der Waals surface area contributed by atoms with Crippen molar-refractivity contribution in [1.29, 1.82) is 0 Å². The van der Waals surface area contributed by atoms with Crippen LogP contribution in [-0.2, 0) is 19.4 Å². The van der Waals surface area contributed by atoms with Gasteiger partial charge in [-0.25, -0.2) is 0 Å². The van der Waals surface area contributed by atoms with Crippen LogP contribution in [0.2, 0.25) is 5.02 Å². The van der Waals surface area contributed by atoms with Crippen LogP contribution in [0.4, 0.5) is 6.01 Å². The summed E-state index contributed by atoms with van der Waals surface area (Å²) in [5, 5.41) is 8.06. The second-order valence-corrected chi connectivity index (χ2v) is 6.90. The molecule has 0 radical (unpaired) electrons. The standard InChI is InChI=1S/C18H17BrClN3O2/c1-11-4-2-3-5-13(11)10-24-17-14(19)8-12(9-15(17)20)6-7-16-22-23-18(21)25-16/h2-5,8-9H,6-7,10H2,1H3,(H2,21,23). The second-order valence-electron chi connectivity index (χ2n) is 5.64. The molecule has 0 saturated heterocycles. The zero-order chi connectivity index (χ0) is 17.8. The van der Waals surface area contributed by atoms with E-state index in [0.29, 0.717) is 36.1 Å². The van der Waals surface area contributed by atoms with Crippen LogP contribution >= 0.6 is 27.5 Å². The Bertz CT molecular complexity index is 859. The molecule has 0 unspecified atom stereocenters. The van der Waals surface area contributed by atoms with Gasteiger partial charge in [0.05, 0.1) is 9.50 Å². The highest BCUT2D eigenvalue weighted by Gasteiger charge is 2.12. The molecule has 1 aromatic heterocycles. The van der Waals surface area contributed by atoms with E-state index in [9.17, 15) is 0 Å². The molecule has 2 N–H and O–H groups in total. The number of nitrogens with two attached hydrogens (primary N) is 1. The van der Waals surface area contributed by atoms with Gasteiger partial charge in [0.1, 0.15) is 6.61 Å². The van der Waals surface area contributed by atoms with Gasteiger partial charge >= 0.3 is 6.01 Å². The maximum Gasteiger partial charge on any atom is 0.312 e. The number of anilines is 1. The Morgan fingerprint density at radius 2 is 2.00 bits per heavy atom. The Kier molecular flexibility index (Phi) is 5.60. The van der Waals surface area contributed by atoms with Crippen molar-refractivity contribution in [3.63, 3.8) is 0 Å². The quantitative estimate of drug-likeness (QED) is 0.621. The first kappa shape index (κ1) is 17.8. The van der Waals surface area contributed by atoms with Gasteiger partial charge < -0.3 is 14.9 Å². The lowest BCUT2D eigenvalue weighted by atomic mass is 10.1. The topological polar surface area (TPSA) is 74.2 Å².